The lowest BCUT2D eigenvalue weighted by Crippen LogP contribution is -2.61. The van der Waals surface area contributed by atoms with E-state index < -0.39 is 36.7 Å². The van der Waals surface area contributed by atoms with Gasteiger partial charge in [-0.3, -0.25) is 0 Å². The number of carboxylic acids is 1. The molecule has 0 radical (unpaired) electrons. The highest BCUT2D eigenvalue weighted by atomic mass is 35.5. The number of aliphatic hydroxyl groups is 3. The van der Waals surface area contributed by atoms with Crippen LogP contribution in [0.5, 0.6) is 5.88 Å². The normalized spacial score (nSPS) is 31.2. The summed E-state index contributed by atoms with van der Waals surface area (Å²) < 4.78 is 10.4. The Morgan fingerprint density at radius 2 is 1.91 bits per heavy atom. The predicted molar refractivity (Wildman–Crippen MR) is 78.3 cm³/mol. The van der Waals surface area contributed by atoms with Crippen molar-refractivity contribution in [2.75, 3.05) is 0 Å². The Balaban J connectivity index is 1.83. The second-order valence-corrected chi connectivity index (χ2v) is 5.65. The fraction of sp³-hybridized carbons (Fsp3) is 0.357. The van der Waals surface area contributed by atoms with Gasteiger partial charge in [0.2, 0.25) is 6.29 Å². The van der Waals surface area contributed by atoms with Crippen LogP contribution in [-0.2, 0) is 9.53 Å². The molecule has 0 saturated carbocycles. The topological polar surface area (TPSA) is 132 Å². The van der Waals surface area contributed by atoms with Gasteiger partial charge in [0.15, 0.2) is 12.0 Å². The van der Waals surface area contributed by atoms with Gasteiger partial charge >= 0.3 is 5.97 Å². The molecule has 8 nitrogen and oxygen atoms in total. The maximum absolute atomic E-state index is 11.0. The van der Waals surface area contributed by atoms with Gasteiger partial charge in [-0.25, -0.2) is 4.79 Å². The second-order valence-electron chi connectivity index (χ2n) is 5.22. The van der Waals surface area contributed by atoms with Crippen LogP contribution >= 0.6 is 11.6 Å². The largest absolute Gasteiger partial charge is 0.479 e. The standard InChI is InChI=1S/C14H14ClNO7/c15-6-2-1-5-3-8(16-7(5)4-6)22-14-11(19)9(17)10(18)12(23-14)13(20)21/h1-4,9-12,14,16-19H,(H,20,21)/t9-,10-,11+,12-,14?/m0/s1. The van der Waals surface area contributed by atoms with Crippen molar-refractivity contribution >= 4 is 28.5 Å². The summed E-state index contributed by atoms with van der Waals surface area (Å²) in [6, 6.07) is 6.71. The highest BCUT2D eigenvalue weighted by molar-refractivity contribution is 6.31. The Hall–Kier alpha value is -1.84. The van der Waals surface area contributed by atoms with E-state index in [1.54, 1.807) is 24.3 Å². The molecule has 1 aliphatic heterocycles. The van der Waals surface area contributed by atoms with E-state index in [1.807, 2.05) is 0 Å². The first-order chi connectivity index (χ1) is 10.9. The van der Waals surface area contributed by atoms with Gasteiger partial charge in [0.1, 0.15) is 18.3 Å². The summed E-state index contributed by atoms with van der Waals surface area (Å²) in [5.74, 6) is -1.28. The Bertz CT molecular complexity index is 733. The van der Waals surface area contributed by atoms with Gasteiger partial charge in [0.25, 0.3) is 0 Å². The number of ether oxygens (including phenoxy) is 2. The minimum absolute atomic E-state index is 0.194. The van der Waals surface area contributed by atoms with E-state index in [9.17, 15) is 20.1 Å². The van der Waals surface area contributed by atoms with Crippen molar-refractivity contribution < 1.29 is 34.7 Å². The zero-order valence-corrected chi connectivity index (χ0v) is 12.3. The SMILES string of the molecule is O=C(O)[C@H]1OC(Oc2cc3ccc(Cl)cc3[nH]2)[C@H](O)[C@@H](O)[C@@H]1O. The number of aromatic amines is 1. The lowest BCUT2D eigenvalue weighted by Gasteiger charge is -2.38. The molecule has 1 aromatic heterocycles. The summed E-state index contributed by atoms with van der Waals surface area (Å²) in [4.78, 5) is 13.9. The van der Waals surface area contributed by atoms with Crippen molar-refractivity contribution in [2.24, 2.45) is 0 Å². The molecule has 3 rings (SSSR count). The van der Waals surface area contributed by atoms with Crippen LogP contribution < -0.4 is 4.74 Å². The first-order valence-electron chi connectivity index (χ1n) is 6.74. The third-order valence-electron chi connectivity index (χ3n) is 3.62. The summed E-state index contributed by atoms with van der Waals surface area (Å²) in [6.07, 6.45) is -8.26. The summed E-state index contributed by atoms with van der Waals surface area (Å²) >= 11 is 5.88. The number of hydrogen-bond donors (Lipinski definition) is 5. The first-order valence-corrected chi connectivity index (χ1v) is 7.12. The van der Waals surface area contributed by atoms with Gasteiger partial charge in [-0.05, 0) is 12.1 Å². The number of carbonyl (C=O) groups is 1. The van der Waals surface area contributed by atoms with Crippen LogP contribution in [0.3, 0.4) is 0 Å². The molecule has 9 heteroatoms. The molecule has 0 aliphatic carbocycles. The summed E-state index contributed by atoms with van der Waals surface area (Å²) in [5.41, 5.74) is 0.674. The summed E-state index contributed by atoms with van der Waals surface area (Å²) in [7, 11) is 0. The molecule has 2 aromatic rings. The molecule has 1 aliphatic rings. The van der Waals surface area contributed by atoms with Crippen molar-refractivity contribution in [3.63, 3.8) is 0 Å². The zero-order valence-electron chi connectivity index (χ0n) is 11.6. The van der Waals surface area contributed by atoms with Crippen molar-refractivity contribution in [3.05, 3.63) is 29.3 Å². The summed E-state index contributed by atoms with van der Waals surface area (Å²) in [6.45, 7) is 0. The van der Waals surface area contributed by atoms with Gasteiger partial charge in [0, 0.05) is 22.0 Å². The number of H-pyrrole nitrogens is 1. The Kier molecular flexibility index (Phi) is 4.17. The molecule has 2 heterocycles. The average Bonchev–Trinajstić information content (AvgIpc) is 2.88. The van der Waals surface area contributed by atoms with Crippen molar-refractivity contribution in [1.29, 1.82) is 0 Å². The smallest absolute Gasteiger partial charge is 0.335 e. The van der Waals surface area contributed by atoms with Crippen LogP contribution in [0.15, 0.2) is 24.3 Å². The molecule has 0 amide bonds. The molecule has 5 N–H and O–H groups in total. The van der Waals surface area contributed by atoms with E-state index >= 15 is 0 Å². The summed E-state index contributed by atoms with van der Waals surface area (Å²) in [5, 5.41) is 39.5. The fourth-order valence-corrected chi connectivity index (χ4v) is 2.58. The van der Waals surface area contributed by atoms with Gasteiger partial charge in [-0.15, -0.1) is 0 Å². The van der Waals surface area contributed by atoms with E-state index in [4.69, 9.17) is 26.2 Å². The van der Waals surface area contributed by atoms with E-state index in [0.29, 0.717) is 10.5 Å². The number of aliphatic carboxylic acids is 1. The molecule has 5 atom stereocenters. The Morgan fingerprint density at radius 1 is 1.17 bits per heavy atom. The molecule has 23 heavy (non-hydrogen) atoms. The molecule has 1 aromatic carbocycles. The first kappa shape index (κ1) is 16.0. The molecule has 1 saturated heterocycles. The van der Waals surface area contributed by atoms with Gasteiger partial charge in [0.05, 0.1) is 0 Å². The van der Waals surface area contributed by atoms with Crippen LogP contribution in [0.1, 0.15) is 0 Å². The number of aromatic nitrogens is 1. The lowest BCUT2D eigenvalue weighted by atomic mass is 9.99. The number of halogens is 1. The maximum Gasteiger partial charge on any atom is 0.335 e. The van der Waals surface area contributed by atoms with Crippen LogP contribution in [-0.4, -0.2) is 62.1 Å². The van der Waals surface area contributed by atoms with Gasteiger partial charge < -0.3 is 34.9 Å². The number of rotatable bonds is 3. The van der Waals surface area contributed by atoms with Crippen LogP contribution in [0.4, 0.5) is 0 Å². The molecular weight excluding hydrogens is 330 g/mol. The average molecular weight is 344 g/mol. The van der Waals surface area contributed by atoms with Crippen molar-refractivity contribution in [1.82, 2.24) is 4.98 Å². The number of hydrogen-bond acceptors (Lipinski definition) is 6. The third-order valence-corrected chi connectivity index (χ3v) is 3.85. The monoisotopic (exact) mass is 343 g/mol. The fourth-order valence-electron chi connectivity index (χ4n) is 2.41. The number of nitrogens with one attached hydrogen (secondary N) is 1. The number of fused-ring (bicyclic) bond motifs is 1. The zero-order chi connectivity index (χ0) is 16.7. The molecule has 124 valence electrons. The Morgan fingerprint density at radius 3 is 2.61 bits per heavy atom. The maximum atomic E-state index is 11.0. The third kappa shape index (κ3) is 2.99. The molecule has 1 unspecified atom stereocenters. The highest BCUT2D eigenvalue weighted by Gasteiger charge is 2.48. The van der Waals surface area contributed by atoms with Gasteiger partial charge in [-0.2, -0.15) is 0 Å². The Labute approximate surface area is 134 Å². The molecule has 0 spiro atoms. The van der Waals surface area contributed by atoms with Crippen LogP contribution in [0.2, 0.25) is 5.02 Å². The number of carboxylic acid groups (broad SMARTS) is 1. The van der Waals surface area contributed by atoms with E-state index in [2.05, 4.69) is 4.98 Å². The highest BCUT2D eigenvalue weighted by Crippen LogP contribution is 2.27. The van der Waals surface area contributed by atoms with Crippen LogP contribution in [0, 0.1) is 0 Å². The minimum atomic E-state index is -1.76. The van der Waals surface area contributed by atoms with Crippen molar-refractivity contribution in [3.8, 4) is 5.88 Å². The van der Waals surface area contributed by atoms with Crippen molar-refractivity contribution in [2.45, 2.75) is 30.7 Å². The molecular formula is C14H14ClNO7. The van der Waals surface area contributed by atoms with E-state index in [0.717, 1.165) is 5.39 Å². The second kappa shape index (κ2) is 5.99. The van der Waals surface area contributed by atoms with Crippen LogP contribution in [0.25, 0.3) is 10.9 Å². The molecule has 1 fully saturated rings. The van der Waals surface area contributed by atoms with Gasteiger partial charge in [-0.1, -0.05) is 17.7 Å². The minimum Gasteiger partial charge on any atom is -0.479 e. The quantitative estimate of drug-likeness (QED) is 0.533. The predicted octanol–water partition coefficient (Wildman–Crippen LogP) is 0.0923. The lowest BCUT2D eigenvalue weighted by molar-refractivity contribution is -0.271. The number of aliphatic hydroxyl groups excluding tert-OH is 3. The van der Waals surface area contributed by atoms with E-state index in [1.165, 1.54) is 0 Å². The van der Waals surface area contributed by atoms with E-state index in [-0.39, 0.29) is 5.88 Å². The molecule has 0 bridgehead atoms. The number of benzene rings is 1.